The molecule has 0 aliphatic rings. The normalized spacial score (nSPS) is 9.57. The lowest BCUT2D eigenvalue weighted by Gasteiger charge is -2.08. The molecule has 0 saturated carbocycles. The van der Waals surface area contributed by atoms with Crippen molar-refractivity contribution in [2.45, 2.75) is 27.2 Å². The number of aryl methyl sites for hydroxylation is 2. The van der Waals surface area contributed by atoms with Crippen LogP contribution in [0.15, 0.2) is 6.07 Å². The van der Waals surface area contributed by atoms with Gasteiger partial charge in [-0.05, 0) is 31.9 Å². The summed E-state index contributed by atoms with van der Waals surface area (Å²) in [5, 5.41) is 12.1. The van der Waals surface area contributed by atoms with Crippen molar-refractivity contribution in [2.24, 2.45) is 0 Å². The number of nitrogens with one attached hydrogen (secondary N) is 1. The van der Waals surface area contributed by atoms with Gasteiger partial charge in [0, 0.05) is 12.2 Å². The Morgan fingerprint density at radius 3 is 2.79 bits per heavy atom. The lowest BCUT2D eigenvalue weighted by molar-refractivity contribution is 0.962. The maximum absolute atomic E-state index is 8.90. The van der Waals surface area contributed by atoms with Gasteiger partial charge in [0.1, 0.15) is 11.9 Å². The van der Waals surface area contributed by atoms with Crippen molar-refractivity contribution in [3.8, 4) is 6.07 Å². The van der Waals surface area contributed by atoms with Crippen molar-refractivity contribution in [2.75, 3.05) is 11.9 Å². The van der Waals surface area contributed by atoms with Crippen molar-refractivity contribution >= 4 is 5.82 Å². The molecule has 1 heterocycles. The molecule has 0 atom stereocenters. The number of anilines is 1. The lowest BCUT2D eigenvalue weighted by atomic mass is 10.1. The summed E-state index contributed by atoms with van der Waals surface area (Å²) in [6, 6.07) is 4.02. The predicted octanol–water partition coefficient (Wildman–Crippen LogP) is 2.39. The van der Waals surface area contributed by atoms with E-state index in [9.17, 15) is 0 Å². The largest absolute Gasteiger partial charge is 0.369 e. The smallest absolute Gasteiger partial charge is 0.144 e. The molecule has 1 N–H and O–H groups in total. The Bertz CT molecular complexity index is 364. The van der Waals surface area contributed by atoms with E-state index in [1.807, 2.05) is 19.9 Å². The Morgan fingerprint density at radius 1 is 1.50 bits per heavy atom. The summed E-state index contributed by atoms with van der Waals surface area (Å²) in [5.74, 6) is 0.706. The molecule has 3 heteroatoms. The molecular weight excluding hydrogens is 174 g/mol. The minimum atomic E-state index is 0.626. The first-order valence-electron chi connectivity index (χ1n) is 4.81. The molecule has 0 spiro atoms. The maximum Gasteiger partial charge on any atom is 0.144 e. The Morgan fingerprint density at radius 2 is 2.21 bits per heavy atom. The molecule has 0 fully saturated rings. The fourth-order valence-corrected chi connectivity index (χ4v) is 1.17. The van der Waals surface area contributed by atoms with E-state index in [-0.39, 0.29) is 0 Å². The molecule has 1 aromatic heterocycles. The highest BCUT2D eigenvalue weighted by molar-refractivity contribution is 5.53. The molecule has 0 unspecified atom stereocenters. The van der Waals surface area contributed by atoms with E-state index >= 15 is 0 Å². The third-order valence-corrected chi connectivity index (χ3v) is 2.13. The molecule has 0 aromatic carbocycles. The summed E-state index contributed by atoms with van der Waals surface area (Å²) in [4.78, 5) is 4.35. The number of aromatic nitrogens is 1. The van der Waals surface area contributed by atoms with Gasteiger partial charge in [0.15, 0.2) is 0 Å². The number of nitrogens with zero attached hydrogens (tertiary/aromatic N) is 2. The fraction of sp³-hybridized carbons (Fsp3) is 0.455. The van der Waals surface area contributed by atoms with Crippen molar-refractivity contribution in [3.63, 3.8) is 0 Å². The van der Waals surface area contributed by atoms with E-state index in [1.165, 1.54) is 0 Å². The van der Waals surface area contributed by atoms with Crippen LogP contribution in [0.25, 0.3) is 0 Å². The second kappa shape index (κ2) is 4.61. The lowest BCUT2D eigenvalue weighted by Crippen LogP contribution is -2.05. The van der Waals surface area contributed by atoms with E-state index in [0.29, 0.717) is 11.4 Å². The SMILES string of the molecule is CCCNc1nc(C)c(C)cc1C#N. The summed E-state index contributed by atoms with van der Waals surface area (Å²) in [6.45, 7) is 6.85. The van der Waals surface area contributed by atoms with Crippen LogP contribution in [0, 0.1) is 25.2 Å². The Kier molecular flexibility index (Phi) is 3.47. The second-order valence-electron chi connectivity index (χ2n) is 3.33. The Hall–Kier alpha value is -1.56. The van der Waals surface area contributed by atoms with Gasteiger partial charge < -0.3 is 5.32 Å². The number of pyridine rings is 1. The molecular formula is C11H15N3. The fourth-order valence-electron chi connectivity index (χ4n) is 1.17. The van der Waals surface area contributed by atoms with Crippen LogP contribution >= 0.6 is 0 Å². The van der Waals surface area contributed by atoms with Crippen LogP contribution in [-0.2, 0) is 0 Å². The van der Waals surface area contributed by atoms with Gasteiger partial charge in [-0.15, -0.1) is 0 Å². The van der Waals surface area contributed by atoms with Gasteiger partial charge in [-0.1, -0.05) is 6.92 Å². The first kappa shape index (κ1) is 10.5. The summed E-state index contributed by atoms with van der Waals surface area (Å²) < 4.78 is 0. The van der Waals surface area contributed by atoms with E-state index in [2.05, 4.69) is 23.3 Å². The molecule has 3 nitrogen and oxygen atoms in total. The van der Waals surface area contributed by atoms with Crippen molar-refractivity contribution < 1.29 is 0 Å². The van der Waals surface area contributed by atoms with Crippen LogP contribution in [0.4, 0.5) is 5.82 Å². The first-order valence-corrected chi connectivity index (χ1v) is 4.81. The average Bonchev–Trinajstić information content (AvgIpc) is 2.19. The highest BCUT2D eigenvalue weighted by Gasteiger charge is 2.05. The van der Waals surface area contributed by atoms with Gasteiger partial charge in [-0.25, -0.2) is 4.98 Å². The second-order valence-corrected chi connectivity index (χ2v) is 3.33. The Balaban J connectivity index is 3.02. The summed E-state index contributed by atoms with van der Waals surface area (Å²) in [6.07, 6.45) is 1.03. The monoisotopic (exact) mass is 189 g/mol. The molecule has 1 rings (SSSR count). The van der Waals surface area contributed by atoms with Gasteiger partial charge >= 0.3 is 0 Å². The van der Waals surface area contributed by atoms with Crippen LogP contribution in [0.2, 0.25) is 0 Å². The van der Waals surface area contributed by atoms with E-state index in [1.54, 1.807) is 0 Å². The Labute approximate surface area is 84.8 Å². The highest BCUT2D eigenvalue weighted by Crippen LogP contribution is 2.15. The molecule has 0 amide bonds. The summed E-state index contributed by atoms with van der Waals surface area (Å²) >= 11 is 0. The predicted molar refractivity (Wildman–Crippen MR) is 57.2 cm³/mol. The number of rotatable bonds is 3. The van der Waals surface area contributed by atoms with Crippen LogP contribution < -0.4 is 5.32 Å². The van der Waals surface area contributed by atoms with Gasteiger partial charge in [0.05, 0.1) is 5.56 Å². The molecule has 1 aromatic rings. The summed E-state index contributed by atoms with van der Waals surface area (Å²) in [7, 11) is 0. The van der Waals surface area contributed by atoms with E-state index in [4.69, 9.17) is 5.26 Å². The van der Waals surface area contributed by atoms with Gasteiger partial charge in [-0.2, -0.15) is 5.26 Å². The molecule has 0 aliphatic heterocycles. The minimum absolute atomic E-state index is 0.626. The van der Waals surface area contributed by atoms with Crippen LogP contribution in [0.1, 0.15) is 30.2 Å². The maximum atomic E-state index is 8.90. The quantitative estimate of drug-likeness (QED) is 0.794. The zero-order valence-electron chi connectivity index (χ0n) is 8.89. The van der Waals surface area contributed by atoms with Crippen molar-refractivity contribution in [1.82, 2.24) is 4.98 Å². The molecule has 0 bridgehead atoms. The van der Waals surface area contributed by atoms with Crippen LogP contribution in [-0.4, -0.2) is 11.5 Å². The van der Waals surface area contributed by atoms with Gasteiger partial charge in [0.2, 0.25) is 0 Å². The number of hydrogen-bond acceptors (Lipinski definition) is 3. The molecule has 0 saturated heterocycles. The standard InChI is InChI=1S/C11H15N3/c1-4-5-13-11-10(7-12)6-8(2)9(3)14-11/h6H,4-5H2,1-3H3,(H,13,14). The van der Waals surface area contributed by atoms with Crippen LogP contribution in [0.5, 0.6) is 0 Å². The zero-order chi connectivity index (χ0) is 10.6. The van der Waals surface area contributed by atoms with Gasteiger partial charge in [0.25, 0.3) is 0 Å². The molecule has 14 heavy (non-hydrogen) atoms. The average molecular weight is 189 g/mol. The molecule has 0 radical (unpaired) electrons. The minimum Gasteiger partial charge on any atom is -0.369 e. The first-order chi connectivity index (χ1) is 6.69. The third-order valence-electron chi connectivity index (χ3n) is 2.13. The number of hydrogen-bond donors (Lipinski definition) is 1. The summed E-state index contributed by atoms with van der Waals surface area (Å²) in [5.41, 5.74) is 2.66. The molecule has 74 valence electrons. The van der Waals surface area contributed by atoms with E-state index < -0.39 is 0 Å². The third kappa shape index (κ3) is 2.23. The molecule has 0 aliphatic carbocycles. The van der Waals surface area contributed by atoms with Crippen LogP contribution in [0.3, 0.4) is 0 Å². The topological polar surface area (TPSA) is 48.7 Å². The van der Waals surface area contributed by atoms with Crippen molar-refractivity contribution in [1.29, 1.82) is 5.26 Å². The van der Waals surface area contributed by atoms with Gasteiger partial charge in [-0.3, -0.25) is 0 Å². The number of nitriles is 1. The zero-order valence-corrected chi connectivity index (χ0v) is 8.89. The highest BCUT2D eigenvalue weighted by atomic mass is 15.0. The van der Waals surface area contributed by atoms with Crippen molar-refractivity contribution in [3.05, 3.63) is 22.9 Å². The van der Waals surface area contributed by atoms with E-state index in [0.717, 1.165) is 24.2 Å².